The first-order chi connectivity index (χ1) is 12.0. The predicted octanol–water partition coefficient (Wildman–Crippen LogP) is 3.51. The molecular formula is C16H14FN3O3S2. The molecule has 3 rings (SSSR count). The number of ketones is 1. The number of fused-ring (bicyclic) bond motifs is 1. The van der Waals surface area contributed by atoms with Gasteiger partial charge in [0.2, 0.25) is 5.95 Å². The number of carbonyl (C=O) groups is 1. The highest BCUT2D eigenvalue weighted by Gasteiger charge is 2.28. The fourth-order valence-electron chi connectivity index (χ4n) is 2.42. The molecule has 0 saturated carbocycles. The van der Waals surface area contributed by atoms with Gasteiger partial charge < -0.3 is 9.84 Å². The molecule has 1 aliphatic carbocycles. The number of nitrogens with one attached hydrogen (secondary N) is 1. The molecule has 130 valence electrons. The monoisotopic (exact) mass is 379 g/mol. The predicted molar refractivity (Wildman–Crippen MR) is 96.4 cm³/mol. The molecule has 0 aliphatic heterocycles. The summed E-state index contributed by atoms with van der Waals surface area (Å²) in [6.45, 7) is 2.25. The Morgan fingerprint density at radius 1 is 1.48 bits per heavy atom. The minimum Gasteiger partial charge on any atom is -0.506 e. The number of hydrogen-bond donors (Lipinski definition) is 2. The molecule has 0 atom stereocenters. The van der Waals surface area contributed by atoms with Gasteiger partial charge in [0.1, 0.15) is 5.76 Å². The molecule has 0 radical (unpaired) electrons. The highest BCUT2D eigenvalue weighted by molar-refractivity contribution is 7.80. The van der Waals surface area contributed by atoms with Gasteiger partial charge in [-0.3, -0.25) is 10.1 Å². The molecule has 0 saturated heterocycles. The van der Waals surface area contributed by atoms with E-state index in [0.29, 0.717) is 35.2 Å². The minimum absolute atomic E-state index is 0.108. The fourth-order valence-corrected chi connectivity index (χ4v) is 3.68. The zero-order valence-electron chi connectivity index (χ0n) is 13.2. The van der Waals surface area contributed by atoms with Crippen LogP contribution in [0, 0.1) is 5.95 Å². The van der Waals surface area contributed by atoms with Crippen molar-refractivity contribution in [2.24, 2.45) is 0 Å². The topological polar surface area (TPSA) is 84.3 Å². The summed E-state index contributed by atoms with van der Waals surface area (Å²) in [5.74, 6) is -1.14. The van der Waals surface area contributed by atoms with Crippen LogP contribution in [0.3, 0.4) is 0 Å². The standard InChI is InChI=1S/C16H14FN3O3S2/c1-2-23-16(24)20-15-19-10-5-4-9(13(22)14(10)25-15)12(21)8-3-6-11(17)18-7-8/h3,6-7,22H,2,4-5H2,1H3,(H,19,20,24). The number of thiocarbonyl (C=S) groups is 1. The van der Waals surface area contributed by atoms with E-state index in [1.54, 1.807) is 0 Å². The molecule has 2 heterocycles. The van der Waals surface area contributed by atoms with E-state index in [4.69, 9.17) is 17.0 Å². The largest absolute Gasteiger partial charge is 0.506 e. The molecule has 0 unspecified atom stereocenters. The van der Waals surface area contributed by atoms with Gasteiger partial charge in [0.15, 0.2) is 10.9 Å². The smallest absolute Gasteiger partial charge is 0.262 e. The first-order valence-electron chi connectivity index (χ1n) is 7.51. The molecule has 2 aromatic rings. The van der Waals surface area contributed by atoms with Gasteiger partial charge in [0.25, 0.3) is 5.17 Å². The Labute approximate surface area is 152 Å². The lowest BCUT2D eigenvalue weighted by atomic mass is 9.93. The number of nitrogens with zero attached hydrogens (tertiary/aromatic N) is 2. The summed E-state index contributed by atoms with van der Waals surface area (Å²) in [5.41, 5.74) is 1.19. The molecular weight excluding hydrogens is 365 g/mol. The van der Waals surface area contributed by atoms with Crippen molar-refractivity contribution in [1.82, 2.24) is 9.97 Å². The summed E-state index contributed by atoms with van der Waals surface area (Å²) in [7, 11) is 0. The number of anilines is 1. The first kappa shape index (κ1) is 17.4. The van der Waals surface area contributed by atoms with Crippen LogP contribution in [0.4, 0.5) is 9.52 Å². The third-order valence-corrected chi connectivity index (χ3v) is 4.80. The molecule has 2 aromatic heterocycles. The average molecular weight is 379 g/mol. The van der Waals surface area contributed by atoms with E-state index in [2.05, 4.69) is 15.3 Å². The summed E-state index contributed by atoms with van der Waals surface area (Å²) in [5, 5.41) is 14.0. The van der Waals surface area contributed by atoms with Crippen LogP contribution >= 0.6 is 23.6 Å². The number of aliphatic hydroxyl groups is 1. The van der Waals surface area contributed by atoms with Gasteiger partial charge in [-0.05, 0) is 44.1 Å². The maximum absolute atomic E-state index is 12.9. The van der Waals surface area contributed by atoms with Gasteiger partial charge in [0.05, 0.1) is 17.2 Å². The van der Waals surface area contributed by atoms with Gasteiger partial charge in [-0.25, -0.2) is 9.97 Å². The Balaban J connectivity index is 1.87. The third-order valence-electron chi connectivity index (χ3n) is 3.56. The number of ether oxygens (including phenoxy) is 1. The second-order valence-electron chi connectivity index (χ2n) is 5.17. The van der Waals surface area contributed by atoms with Crippen LogP contribution in [-0.2, 0) is 11.2 Å². The van der Waals surface area contributed by atoms with E-state index in [9.17, 15) is 14.3 Å². The van der Waals surface area contributed by atoms with Crippen LogP contribution in [0.15, 0.2) is 23.9 Å². The van der Waals surface area contributed by atoms with Crippen molar-refractivity contribution in [3.8, 4) is 0 Å². The number of aromatic nitrogens is 2. The number of rotatable bonds is 4. The van der Waals surface area contributed by atoms with Crippen molar-refractivity contribution in [3.05, 3.63) is 46.0 Å². The van der Waals surface area contributed by atoms with Gasteiger partial charge in [-0.2, -0.15) is 4.39 Å². The molecule has 25 heavy (non-hydrogen) atoms. The van der Waals surface area contributed by atoms with E-state index in [1.807, 2.05) is 6.92 Å². The fraction of sp³-hybridized carbons (Fsp3) is 0.250. The highest BCUT2D eigenvalue weighted by Crippen LogP contribution is 2.37. The van der Waals surface area contributed by atoms with Crippen molar-refractivity contribution in [2.75, 3.05) is 11.9 Å². The molecule has 0 amide bonds. The van der Waals surface area contributed by atoms with Crippen molar-refractivity contribution >= 4 is 45.4 Å². The lowest BCUT2D eigenvalue weighted by Gasteiger charge is -2.14. The minimum atomic E-state index is -0.663. The Kier molecular flexibility index (Phi) is 5.05. The van der Waals surface area contributed by atoms with Gasteiger partial charge >= 0.3 is 0 Å². The second kappa shape index (κ2) is 7.24. The van der Waals surface area contributed by atoms with Crippen molar-refractivity contribution in [1.29, 1.82) is 0 Å². The van der Waals surface area contributed by atoms with Crippen LogP contribution in [0.25, 0.3) is 5.76 Å². The molecule has 6 nitrogen and oxygen atoms in total. The molecule has 9 heteroatoms. The first-order valence-corrected chi connectivity index (χ1v) is 8.74. The average Bonchev–Trinajstić information content (AvgIpc) is 2.99. The highest BCUT2D eigenvalue weighted by atomic mass is 32.1. The summed E-state index contributed by atoms with van der Waals surface area (Å²) >= 11 is 6.20. The molecule has 0 fully saturated rings. The lowest BCUT2D eigenvalue weighted by Crippen LogP contribution is -2.13. The van der Waals surface area contributed by atoms with E-state index < -0.39 is 5.95 Å². The Morgan fingerprint density at radius 3 is 2.96 bits per heavy atom. The van der Waals surface area contributed by atoms with E-state index in [1.165, 1.54) is 17.4 Å². The Morgan fingerprint density at radius 2 is 2.28 bits per heavy atom. The van der Waals surface area contributed by atoms with Gasteiger partial charge in [0, 0.05) is 17.3 Å². The third kappa shape index (κ3) is 3.67. The SMILES string of the molecule is CCOC(=S)Nc1nc2c(s1)C(O)=C(C(=O)c1ccc(F)nc1)CC2. The maximum atomic E-state index is 12.9. The number of allylic oxidation sites excluding steroid dienone is 1. The van der Waals surface area contributed by atoms with Gasteiger partial charge in [-0.15, -0.1) is 0 Å². The van der Waals surface area contributed by atoms with Crippen LogP contribution in [0.5, 0.6) is 0 Å². The van der Waals surface area contributed by atoms with E-state index in [-0.39, 0.29) is 27.9 Å². The molecule has 0 aromatic carbocycles. The number of thiazole rings is 1. The number of hydrogen-bond acceptors (Lipinski definition) is 7. The van der Waals surface area contributed by atoms with E-state index in [0.717, 1.165) is 12.3 Å². The zero-order valence-corrected chi connectivity index (χ0v) is 14.8. The number of carbonyl (C=O) groups excluding carboxylic acids is 1. The molecule has 0 spiro atoms. The normalized spacial score (nSPS) is 13.4. The maximum Gasteiger partial charge on any atom is 0.262 e. The number of aryl methyl sites for hydroxylation is 1. The number of Topliss-reactive ketones (excluding diaryl/α,β-unsaturated/α-hetero) is 1. The summed E-state index contributed by atoms with van der Waals surface area (Å²) in [6, 6.07) is 2.46. The molecule has 1 aliphatic rings. The van der Waals surface area contributed by atoms with Crippen LogP contribution in [0.1, 0.15) is 34.3 Å². The van der Waals surface area contributed by atoms with Crippen LogP contribution in [-0.4, -0.2) is 32.6 Å². The van der Waals surface area contributed by atoms with Crippen molar-refractivity contribution in [3.63, 3.8) is 0 Å². The molecule has 2 N–H and O–H groups in total. The number of aliphatic hydroxyl groups excluding tert-OH is 1. The summed E-state index contributed by atoms with van der Waals surface area (Å²) in [6.07, 6.45) is 2.01. The van der Waals surface area contributed by atoms with Crippen molar-refractivity contribution < 1.29 is 19.0 Å². The van der Waals surface area contributed by atoms with E-state index >= 15 is 0 Å². The number of pyridine rings is 1. The van der Waals surface area contributed by atoms with Crippen LogP contribution < -0.4 is 5.32 Å². The zero-order chi connectivity index (χ0) is 18.0. The summed E-state index contributed by atoms with van der Waals surface area (Å²) < 4.78 is 18.1. The second-order valence-corrected chi connectivity index (χ2v) is 6.54. The Hall–Kier alpha value is -2.39. The van der Waals surface area contributed by atoms with Crippen molar-refractivity contribution in [2.45, 2.75) is 19.8 Å². The Bertz CT molecular complexity index is 862. The van der Waals surface area contributed by atoms with Gasteiger partial charge in [-0.1, -0.05) is 11.3 Å². The van der Waals surface area contributed by atoms with Crippen LogP contribution in [0.2, 0.25) is 0 Å². The lowest BCUT2D eigenvalue weighted by molar-refractivity contribution is 0.102. The molecule has 0 bridgehead atoms. The summed E-state index contributed by atoms with van der Waals surface area (Å²) in [4.78, 5) is 20.9. The number of halogens is 1. The quantitative estimate of drug-likeness (QED) is 0.478.